The summed E-state index contributed by atoms with van der Waals surface area (Å²) in [6, 6.07) is 96.8. The molecule has 0 spiro atoms. The zero-order valence-corrected chi connectivity index (χ0v) is 36.3. The summed E-state index contributed by atoms with van der Waals surface area (Å²) in [6.45, 7) is 0. The van der Waals surface area contributed by atoms with Crippen LogP contribution in [0.4, 0.5) is 17.1 Å². The van der Waals surface area contributed by atoms with Crippen molar-refractivity contribution in [3.63, 3.8) is 0 Å². The van der Waals surface area contributed by atoms with Crippen molar-refractivity contribution in [2.75, 3.05) is 4.90 Å². The molecule has 0 aliphatic carbocycles. The number of nitrogens with zero attached hydrogens (tertiary/aromatic N) is 2. The number of benzene rings is 11. The van der Waals surface area contributed by atoms with E-state index in [1.165, 1.54) is 77.1 Å². The van der Waals surface area contributed by atoms with Crippen molar-refractivity contribution in [2.24, 2.45) is 0 Å². The molecule has 0 N–H and O–H groups in total. The van der Waals surface area contributed by atoms with Gasteiger partial charge in [-0.05, 0) is 122 Å². The van der Waals surface area contributed by atoms with Crippen molar-refractivity contribution < 1.29 is 0 Å². The summed E-state index contributed by atoms with van der Waals surface area (Å²) in [5, 5.41) is 5.01. The molecule has 0 aliphatic heterocycles. The van der Waals surface area contributed by atoms with Crippen LogP contribution in [0.15, 0.2) is 267 Å². The van der Waals surface area contributed by atoms with Gasteiger partial charge >= 0.3 is 0 Å². The normalized spacial score (nSPS) is 11.3. The molecule has 0 radical (unpaired) electrons. The smallest absolute Gasteiger partial charge is 0.0541 e. The summed E-state index contributed by atoms with van der Waals surface area (Å²) >= 11 is 0. The molecule has 0 saturated heterocycles. The van der Waals surface area contributed by atoms with Gasteiger partial charge in [-0.15, -0.1) is 0 Å². The zero-order chi connectivity index (χ0) is 43.8. The number of hydrogen-bond donors (Lipinski definition) is 0. The van der Waals surface area contributed by atoms with Crippen LogP contribution in [0.3, 0.4) is 0 Å². The molecule has 0 unspecified atom stereocenters. The van der Waals surface area contributed by atoms with Crippen LogP contribution in [0.1, 0.15) is 0 Å². The Labute approximate surface area is 385 Å². The first-order valence-electron chi connectivity index (χ1n) is 22.7. The lowest BCUT2D eigenvalue weighted by Crippen LogP contribution is -2.09. The summed E-state index contributed by atoms with van der Waals surface area (Å²) in [7, 11) is 0. The Morgan fingerprint density at radius 1 is 0.242 bits per heavy atom. The molecule has 310 valence electrons. The highest BCUT2D eigenvalue weighted by Gasteiger charge is 2.18. The molecule has 12 aromatic rings. The number of rotatable bonds is 9. The predicted octanol–water partition coefficient (Wildman–Crippen LogP) is 17.7. The van der Waals surface area contributed by atoms with E-state index < -0.39 is 0 Å². The second-order valence-corrected chi connectivity index (χ2v) is 16.9. The predicted molar refractivity (Wildman–Crippen MR) is 280 cm³/mol. The quantitative estimate of drug-likeness (QED) is 0.141. The average molecular weight is 841 g/mol. The van der Waals surface area contributed by atoms with Crippen molar-refractivity contribution in [2.45, 2.75) is 0 Å². The fourth-order valence-electron chi connectivity index (χ4n) is 9.84. The van der Waals surface area contributed by atoms with Crippen LogP contribution < -0.4 is 4.90 Å². The van der Waals surface area contributed by atoms with E-state index in [2.05, 4.69) is 276 Å². The van der Waals surface area contributed by atoms with Crippen molar-refractivity contribution >= 4 is 49.6 Å². The Morgan fingerprint density at radius 3 is 1.30 bits per heavy atom. The summed E-state index contributed by atoms with van der Waals surface area (Å²) in [6.07, 6.45) is 0. The number of anilines is 3. The highest BCUT2D eigenvalue weighted by atomic mass is 15.1. The Bertz CT molecular complexity index is 3600. The molecule has 0 bridgehead atoms. The van der Waals surface area contributed by atoms with E-state index in [0.717, 1.165) is 33.9 Å². The molecule has 1 heterocycles. The molecule has 0 saturated carbocycles. The van der Waals surface area contributed by atoms with Crippen molar-refractivity contribution in [3.8, 4) is 61.3 Å². The van der Waals surface area contributed by atoms with Crippen LogP contribution in [0.5, 0.6) is 0 Å². The van der Waals surface area contributed by atoms with Crippen molar-refractivity contribution in [1.82, 2.24) is 4.57 Å². The maximum atomic E-state index is 2.41. The molecule has 11 aromatic carbocycles. The fraction of sp³-hybridized carbons (Fsp3) is 0. The highest BCUT2D eigenvalue weighted by molar-refractivity contribution is 6.10. The molecule has 12 rings (SSSR count). The topological polar surface area (TPSA) is 8.17 Å². The first-order valence-corrected chi connectivity index (χ1v) is 22.7. The van der Waals surface area contributed by atoms with Crippen LogP contribution in [0.2, 0.25) is 0 Å². The van der Waals surface area contributed by atoms with Gasteiger partial charge in [-0.3, -0.25) is 0 Å². The molecule has 0 aliphatic rings. The highest BCUT2D eigenvalue weighted by Crippen LogP contribution is 2.42. The monoisotopic (exact) mass is 840 g/mol. The molecule has 0 fully saturated rings. The van der Waals surface area contributed by atoms with Gasteiger partial charge in [-0.2, -0.15) is 0 Å². The minimum atomic E-state index is 1.08. The minimum absolute atomic E-state index is 1.08. The van der Waals surface area contributed by atoms with Crippen LogP contribution >= 0.6 is 0 Å². The largest absolute Gasteiger partial charge is 0.311 e. The third-order valence-corrected chi connectivity index (χ3v) is 13.0. The van der Waals surface area contributed by atoms with E-state index >= 15 is 0 Å². The van der Waals surface area contributed by atoms with Gasteiger partial charge in [-0.1, -0.05) is 206 Å². The second kappa shape index (κ2) is 16.8. The van der Waals surface area contributed by atoms with E-state index in [0.29, 0.717) is 0 Å². The average Bonchev–Trinajstić information content (AvgIpc) is 3.74. The maximum absolute atomic E-state index is 2.41. The van der Waals surface area contributed by atoms with E-state index in [9.17, 15) is 0 Å². The molecular weight excluding hydrogens is 797 g/mol. The molecule has 0 atom stereocenters. The summed E-state index contributed by atoms with van der Waals surface area (Å²) in [5.74, 6) is 0. The number of para-hydroxylation sites is 3. The number of aromatic nitrogens is 1. The maximum Gasteiger partial charge on any atom is 0.0541 e. The Kier molecular flexibility index (Phi) is 9.89. The zero-order valence-electron chi connectivity index (χ0n) is 36.3. The van der Waals surface area contributed by atoms with Crippen LogP contribution in [-0.4, -0.2) is 4.57 Å². The lowest BCUT2D eigenvalue weighted by Gasteiger charge is -2.26. The van der Waals surface area contributed by atoms with E-state index in [4.69, 9.17) is 0 Å². The number of fused-ring (bicyclic) bond motifs is 4. The van der Waals surface area contributed by atoms with Gasteiger partial charge in [0.15, 0.2) is 0 Å². The van der Waals surface area contributed by atoms with Crippen molar-refractivity contribution in [3.05, 3.63) is 267 Å². The van der Waals surface area contributed by atoms with Crippen LogP contribution in [0, 0.1) is 0 Å². The first-order chi connectivity index (χ1) is 32.7. The molecular formula is C64H44N2. The Morgan fingerprint density at radius 2 is 0.667 bits per heavy atom. The van der Waals surface area contributed by atoms with Crippen molar-refractivity contribution in [1.29, 1.82) is 0 Å². The standard InChI is InChI=1S/C64H44N2/c1-3-16-45(17-4-1)46-30-37-52(38-31-46)65(54-41-34-50(35-42-54)56-23-9-12-27-62(56)66-63-28-13-10-24-59(63)60-25-11-14-29-64(60)66)53-39-32-47(33-40-53)51-36-43-58(61(44-51)49-18-5-2-6-19-49)57-26-15-21-48-20-7-8-22-55(48)57/h1-44H. The van der Waals surface area contributed by atoms with E-state index in [1.54, 1.807) is 0 Å². The Hall–Kier alpha value is -8.72. The van der Waals surface area contributed by atoms with Crippen LogP contribution in [-0.2, 0) is 0 Å². The van der Waals surface area contributed by atoms with E-state index in [1.807, 2.05) is 0 Å². The van der Waals surface area contributed by atoms with Gasteiger partial charge in [0.2, 0.25) is 0 Å². The third kappa shape index (κ3) is 7.02. The van der Waals surface area contributed by atoms with Gasteiger partial charge < -0.3 is 9.47 Å². The van der Waals surface area contributed by atoms with Gasteiger partial charge in [0.05, 0.1) is 16.7 Å². The lowest BCUT2D eigenvalue weighted by molar-refractivity contribution is 1.18. The first kappa shape index (κ1) is 38.9. The third-order valence-electron chi connectivity index (χ3n) is 13.0. The molecule has 1 aromatic heterocycles. The van der Waals surface area contributed by atoms with Gasteiger partial charge in [0, 0.05) is 33.4 Å². The Balaban J connectivity index is 0.936. The van der Waals surface area contributed by atoms with E-state index in [-0.39, 0.29) is 0 Å². The van der Waals surface area contributed by atoms with Gasteiger partial charge in [-0.25, -0.2) is 0 Å². The van der Waals surface area contributed by atoms with Gasteiger partial charge in [0.25, 0.3) is 0 Å². The lowest BCUT2D eigenvalue weighted by atomic mass is 9.89. The van der Waals surface area contributed by atoms with Gasteiger partial charge in [0.1, 0.15) is 0 Å². The SMILES string of the molecule is c1ccc(-c2ccc(N(c3ccc(-c4ccc(-c5cccc6ccccc56)c(-c5ccccc5)c4)cc3)c3ccc(-c4ccccc4-n4c5ccccc5c5ccccc54)cc3)cc2)cc1. The fourth-order valence-corrected chi connectivity index (χ4v) is 9.84. The minimum Gasteiger partial charge on any atom is -0.311 e. The van der Waals surface area contributed by atoms with Crippen LogP contribution in [0.25, 0.3) is 93.9 Å². The molecule has 0 amide bonds. The molecule has 2 nitrogen and oxygen atoms in total. The number of hydrogen-bond acceptors (Lipinski definition) is 1. The summed E-state index contributed by atoms with van der Waals surface area (Å²) in [4.78, 5) is 2.36. The second-order valence-electron chi connectivity index (χ2n) is 16.9. The summed E-state index contributed by atoms with van der Waals surface area (Å²) in [5.41, 5.74) is 18.8. The molecule has 66 heavy (non-hydrogen) atoms. The molecule has 2 heteroatoms. The summed E-state index contributed by atoms with van der Waals surface area (Å²) < 4.78 is 2.41.